The lowest BCUT2D eigenvalue weighted by atomic mass is 10.2. The number of amides is 1. The molecule has 6 nitrogen and oxygen atoms in total. The summed E-state index contributed by atoms with van der Waals surface area (Å²) in [6, 6.07) is 1.96. The molecular weight excluding hydrogens is 222 g/mol. The fourth-order valence-electron chi connectivity index (χ4n) is 2.00. The van der Waals surface area contributed by atoms with Crippen LogP contribution in [0.25, 0.3) is 0 Å². The second-order valence-corrected chi connectivity index (χ2v) is 4.23. The number of cyclic esters (lactones) is 1. The molecule has 94 valence electrons. The van der Waals surface area contributed by atoms with E-state index in [1.807, 2.05) is 6.07 Å². The van der Waals surface area contributed by atoms with Gasteiger partial charge in [0, 0.05) is 39.1 Å². The molecule has 0 spiro atoms. The number of nitriles is 1. The summed E-state index contributed by atoms with van der Waals surface area (Å²) in [5.41, 5.74) is 0. The largest absolute Gasteiger partial charge is 0.431 e. The van der Waals surface area contributed by atoms with Crippen molar-refractivity contribution in [3.63, 3.8) is 0 Å². The maximum atomic E-state index is 11.5. The van der Waals surface area contributed by atoms with Gasteiger partial charge in [-0.1, -0.05) is 0 Å². The lowest BCUT2D eigenvalue weighted by Gasteiger charge is -2.32. The van der Waals surface area contributed by atoms with Crippen molar-refractivity contribution < 1.29 is 14.3 Å². The summed E-state index contributed by atoms with van der Waals surface area (Å²) in [7, 11) is 0. The Kier molecular flexibility index (Phi) is 4.18. The third-order valence-electron chi connectivity index (χ3n) is 3.10. The van der Waals surface area contributed by atoms with Crippen LogP contribution in [-0.2, 0) is 9.47 Å². The van der Waals surface area contributed by atoms with Crippen LogP contribution in [0.5, 0.6) is 0 Å². The fraction of sp³-hybridized carbons (Fsp3) is 0.818. The number of rotatable bonds is 3. The van der Waals surface area contributed by atoms with Gasteiger partial charge in [-0.3, -0.25) is 4.90 Å². The molecule has 2 aliphatic rings. The summed E-state index contributed by atoms with van der Waals surface area (Å²) in [6.45, 7) is 5.49. The first kappa shape index (κ1) is 12.1. The maximum absolute atomic E-state index is 11.5. The van der Waals surface area contributed by atoms with Crippen molar-refractivity contribution in [2.24, 2.45) is 0 Å². The van der Waals surface area contributed by atoms with E-state index in [0.29, 0.717) is 19.5 Å². The molecule has 0 bridgehead atoms. The predicted octanol–water partition coefficient (Wildman–Crippen LogP) is 0.0531. The molecule has 17 heavy (non-hydrogen) atoms. The van der Waals surface area contributed by atoms with Gasteiger partial charge in [-0.05, 0) is 0 Å². The smallest absolute Gasteiger partial charge is 0.411 e. The Balaban J connectivity index is 1.72. The molecular formula is C11H17N3O3. The van der Waals surface area contributed by atoms with Crippen LogP contribution in [0.1, 0.15) is 6.42 Å². The van der Waals surface area contributed by atoms with Crippen LogP contribution in [0.4, 0.5) is 4.79 Å². The maximum Gasteiger partial charge on any atom is 0.411 e. The molecule has 0 aromatic carbocycles. The molecule has 0 radical (unpaired) electrons. The minimum Gasteiger partial charge on any atom is -0.431 e. The molecule has 0 saturated carbocycles. The zero-order valence-corrected chi connectivity index (χ0v) is 9.80. The highest BCUT2D eigenvalue weighted by Gasteiger charge is 2.26. The number of hydrogen-bond acceptors (Lipinski definition) is 5. The van der Waals surface area contributed by atoms with Gasteiger partial charge in [0.15, 0.2) is 6.10 Å². The van der Waals surface area contributed by atoms with Crippen LogP contribution in [0.3, 0.4) is 0 Å². The Morgan fingerprint density at radius 3 is 2.71 bits per heavy atom. The van der Waals surface area contributed by atoms with Crippen molar-refractivity contribution >= 4 is 6.09 Å². The van der Waals surface area contributed by atoms with E-state index in [2.05, 4.69) is 4.90 Å². The van der Waals surface area contributed by atoms with Crippen LogP contribution in [0.2, 0.25) is 0 Å². The summed E-state index contributed by atoms with van der Waals surface area (Å²) >= 11 is 0. The molecule has 0 aromatic rings. The van der Waals surface area contributed by atoms with Gasteiger partial charge in [-0.15, -0.1) is 0 Å². The van der Waals surface area contributed by atoms with E-state index < -0.39 is 6.10 Å². The quantitative estimate of drug-likeness (QED) is 0.696. The molecule has 1 unspecified atom stereocenters. The molecule has 2 rings (SSSR count). The molecule has 2 heterocycles. The Bertz CT molecular complexity index is 310. The van der Waals surface area contributed by atoms with Gasteiger partial charge < -0.3 is 14.4 Å². The average Bonchev–Trinajstić information content (AvgIpc) is 2.38. The first-order chi connectivity index (χ1) is 8.29. The molecule has 0 aromatic heterocycles. The van der Waals surface area contributed by atoms with E-state index in [-0.39, 0.29) is 6.09 Å². The van der Waals surface area contributed by atoms with Crippen molar-refractivity contribution in [2.45, 2.75) is 12.5 Å². The summed E-state index contributed by atoms with van der Waals surface area (Å²) in [4.78, 5) is 15.5. The molecule has 6 heteroatoms. The van der Waals surface area contributed by atoms with E-state index in [1.54, 1.807) is 4.90 Å². The number of morpholine rings is 1. The van der Waals surface area contributed by atoms with Crippen molar-refractivity contribution in [3.05, 3.63) is 0 Å². The van der Waals surface area contributed by atoms with Crippen LogP contribution < -0.4 is 0 Å². The van der Waals surface area contributed by atoms with Gasteiger partial charge in [0.1, 0.15) is 6.07 Å². The second-order valence-electron chi connectivity index (χ2n) is 4.23. The van der Waals surface area contributed by atoms with Crippen LogP contribution in [0.15, 0.2) is 0 Å². The standard InChI is InChI=1S/C11H17N3O3/c12-9-10-1-2-14(11(15)17-10)4-3-13-5-7-16-8-6-13/h10H,1-8H2. The fourth-order valence-corrected chi connectivity index (χ4v) is 2.00. The topological polar surface area (TPSA) is 65.8 Å². The highest BCUT2D eigenvalue weighted by Crippen LogP contribution is 2.11. The molecule has 2 saturated heterocycles. The van der Waals surface area contributed by atoms with Gasteiger partial charge in [0.25, 0.3) is 0 Å². The highest BCUT2D eigenvalue weighted by atomic mass is 16.6. The molecule has 1 amide bonds. The SMILES string of the molecule is N#CC1CCN(CCN2CCOCC2)C(=O)O1. The Labute approximate surface area is 101 Å². The van der Waals surface area contributed by atoms with Gasteiger partial charge in [0.05, 0.1) is 13.2 Å². The third-order valence-corrected chi connectivity index (χ3v) is 3.10. The Morgan fingerprint density at radius 1 is 1.29 bits per heavy atom. The molecule has 0 aliphatic carbocycles. The normalized spacial score (nSPS) is 26.4. The van der Waals surface area contributed by atoms with Gasteiger partial charge in [0.2, 0.25) is 0 Å². The molecule has 0 N–H and O–H groups in total. The van der Waals surface area contributed by atoms with E-state index in [0.717, 1.165) is 32.8 Å². The number of carbonyl (C=O) groups excluding carboxylic acids is 1. The minimum absolute atomic E-state index is 0.365. The number of carbonyl (C=O) groups is 1. The van der Waals surface area contributed by atoms with Gasteiger partial charge in [-0.2, -0.15) is 5.26 Å². The second kappa shape index (κ2) is 5.84. The first-order valence-electron chi connectivity index (χ1n) is 5.95. The lowest BCUT2D eigenvalue weighted by molar-refractivity contribution is 0.0216. The van der Waals surface area contributed by atoms with Gasteiger partial charge in [-0.25, -0.2) is 4.79 Å². The zero-order valence-electron chi connectivity index (χ0n) is 9.80. The van der Waals surface area contributed by atoms with E-state index in [9.17, 15) is 4.79 Å². The first-order valence-corrected chi connectivity index (χ1v) is 5.95. The predicted molar refractivity (Wildman–Crippen MR) is 59.3 cm³/mol. The van der Waals surface area contributed by atoms with E-state index >= 15 is 0 Å². The minimum atomic E-state index is -0.567. The number of ether oxygens (including phenoxy) is 2. The average molecular weight is 239 g/mol. The van der Waals surface area contributed by atoms with Crippen molar-refractivity contribution in [1.82, 2.24) is 9.80 Å². The van der Waals surface area contributed by atoms with Crippen molar-refractivity contribution in [3.8, 4) is 6.07 Å². The monoisotopic (exact) mass is 239 g/mol. The van der Waals surface area contributed by atoms with E-state index in [1.165, 1.54) is 0 Å². The summed E-state index contributed by atoms with van der Waals surface area (Å²) in [5.74, 6) is 0. The third kappa shape index (κ3) is 3.32. The zero-order chi connectivity index (χ0) is 12.1. The Morgan fingerprint density at radius 2 is 2.06 bits per heavy atom. The summed E-state index contributed by atoms with van der Waals surface area (Å²) in [5, 5.41) is 8.66. The van der Waals surface area contributed by atoms with Gasteiger partial charge >= 0.3 is 6.09 Å². The Hall–Kier alpha value is -1.32. The van der Waals surface area contributed by atoms with Crippen LogP contribution in [-0.4, -0.2) is 67.9 Å². The summed E-state index contributed by atoms with van der Waals surface area (Å²) < 4.78 is 10.2. The summed E-state index contributed by atoms with van der Waals surface area (Å²) in [6.07, 6.45) is -0.330. The lowest BCUT2D eigenvalue weighted by Crippen LogP contribution is -2.46. The van der Waals surface area contributed by atoms with Crippen molar-refractivity contribution in [1.29, 1.82) is 5.26 Å². The molecule has 2 aliphatic heterocycles. The highest BCUT2D eigenvalue weighted by molar-refractivity contribution is 5.68. The van der Waals surface area contributed by atoms with Crippen LogP contribution in [0, 0.1) is 11.3 Å². The number of nitrogens with zero attached hydrogens (tertiary/aromatic N) is 3. The van der Waals surface area contributed by atoms with Crippen LogP contribution >= 0.6 is 0 Å². The molecule has 1 atom stereocenters. The van der Waals surface area contributed by atoms with Crippen molar-refractivity contribution in [2.75, 3.05) is 45.9 Å². The molecule has 2 fully saturated rings. The number of hydrogen-bond donors (Lipinski definition) is 0. The van der Waals surface area contributed by atoms with E-state index in [4.69, 9.17) is 14.7 Å².